The molecule has 0 aliphatic carbocycles. The first-order chi connectivity index (χ1) is 11.8. The molecule has 1 aliphatic heterocycles. The van der Waals surface area contributed by atoms with Crippen molar-refractivity contribution in [3.63, 3.8) is 0 Å². The minimum Gasteiger partial charge on any atom is -0.387 e. The number of likely N-dealkylation sites (tertiary alicyclic amines) is 1. The van der Waals surface area contributed by atoms with E-state index in [0.29, 0.717) is 29.6 Å². The number of hydrogen-bond acceptors (Lipinski definition) is 3. The number of aromatic nitrogens is 1. The lowest BCUT2D eigenvalue weighted by Crippen LogP contribution is -2.45. The van der Waals surface area contributed by atoms with E-state index in [1.165, 1.54) is 12.5 Å². The van der Waals surface area contributed by atoms with E-state index in [1.807, 2.05) is 0 Å². The average Bonchev–Trinajstić information content (AvgIpc) is 2.56. The lowest BCUT2D eigenvalue weighted by Gasteiger charge is -2.40. The maximum atomic E-state index is 13.0. The van der Waals surface area contributed by atoms with Gasteiger partial charge in [0.1, 0.15) is 5.69 Å². The molecule has 2 heterocycles. The van der Waals surface area contributed by atoms with Crippen LogP contribution in [0.5, 0.6) is 0 Å². The van der Waals surface area contributed by atoms with Gasteiger partial charge in [0.05, 0.1) is 11.6 Å². The van der Waals surface area contributed by atoms with Crippen LogP contribution in [0.4, 0.5) is 13.2 Å². The van der Waals surface area contributed by atoms with E-state index in [2.05, 4.69) is 23.7 Å². The van der Waals surface area contributed by atoms with Crippen LogP contribution >= 0.6 is 12.4 Å². The van der Waals surface area contributed by atoms with Crippen molar-refractivity contribution in [1.29, 1.82) is 0 Å². The standard InChI is InChI=1S/C19H23F3N2O.ClH/c1-12-5-3-6-13(2)24(12)11-16(25)15-8-4-7-14-9-10-17(19(20,21)22)23-18(14)15;/h4,7-10,12-13,16,25H,3,5-6,11H2,1-2H3;1H. The number of alkyl halides is 3. The molecule has 0 bridgehead atoms. The molecule has 0 radical (unpaired) electrons. The fourth-order valence-electron chi connectivity index (χ4n) is 3.73. The first-order valence-corrected chi connectivity index (χ1v) is 8.68. The van der Waals surface area contributed by atoms with Gasteiger partial charge in [0, 0.05) is 29.6 Å². The molecule has 1 N–H and O–H groups in total. The minimum atomic E-state index is -4.50. The van der Waals surface area contributed by atoms with Crippen LogP contribution in [0.3, 0.4) is 0 Å². The van der Waals surface area contributed by atoms with E-state index < -0.39 is 18.0 Å². The van der Waals surface area contributed by atoms with Crippen LogP contribution in [0, 0.1) is 0 Å². The Labute approximate surface area is 157 Å². The molecule has 3 unspecified atom stereocenters. The van der Waals surface area contributed by atoms with E-state index in [1.54, 1.807) is 18.2 Å². The molecule has 2 aromatic rings. The van der Waals surface area contributed by atoms with Gasteiger partial charge in [-0.3, -0.25) is 4.90 Å². The summed E-state index contributed by atoms with van der Waals surface area (Å²) in [5.74, 6) is 0. The lowest BCUT2D eigenvalue weighted by molar-refractivity contribution is -0.140. The number of halogens is 4. The maximum absolute atomic E-state index is 13.0. The Kier molecular flexibility index (Phi) is 6.53. The topological polar surface area (TPSA) is 36.4 Å². The highest BCUT2D eigenvalue weighted by atomic mass is 35.5. The van der Waals surface area contributed by atoms with Crippen molar-refractivity contribution in [2.75, 3.05) is 6.54 Å². The molecule has 0 spiro atoms. The van der Waals surface area contributed by atoms with Gasteiger partial charge in [-0.15, -0.1) is 12.4 Å². The van der Waals surface area contributed by atoms with Crippen LogP contribution in [-0.4, -0.2) is 33.6 Å². The monoisotopic (exact) mass is 388 g/mol. The normalized spacial score (nSPS) is 22.8. The summed E-state index contributed by atoms with van der Waals surface area (Å²) in [7, 11) is 0. The van der Waals surface area contributed by atoms with Crippen LogP contribution in [-0.2, 0) is 6.18 Å². The Bertz CT molecular complexity index is 743. The first-order valence-electron chi connectivity index (χ1n) is 8.68. The number of hydrogen-bond donors (Lipinski definition) is 1. The lowest BCUT2D eigenvalue weighted by atomic mass is 9.95. The Morgan fingerprint density at radius 3 is 2.42 bits per heavy atom. The number of β-amino-alcohol motifs (C(OH)–C–C–N with tert-alkyl or cyclic N) is 1. The quantitative estimate of drug-likeness (QED) is 0.806. The Hall–Kier alpha value is -1.37. The molecule has 0 saturated carbocycles. The van der Waals surface area contributed by atoms with Crippen molar-refractivity contribution < 1.29 is 18.3 Å². The third-order valence-corrected chi connectivity index (χ3v) is 5.16. The highest BCUT2D eigenvalue weighted by Crippen LogP contribution is 2.32. The van der Waals surface area contributed by atoms with Gasteiger partial charge in [0.2, 0.25) is 0 Å². The van der Waals surface area contributed by atoms with Crippen molar-refractivity contribution >= 4 is 23.3 Å². The second-order valence-corrected chi connectivity index (χ2v) is 6.95. The molecule has 1 aromatic carbocycles. The SMILES string of the molecule is CC1CCCC(C)N1CC(O)c1cccc2ccc(C(F)(F)F)nc12.Cl. The fraction of sp³-hybridized carbons (Fsp3) is 0.526. The van der Waals surface area contributed by atoms with Crippen molar-refractivity contribution in [2.45, 2.75) is 57.5 Å². The van der Waals surface area contributed by atoms with Crippen molar-refractivity contribution in [1.82, 2.24) is 9.88 Å². The molecule has 1 saturated heterocycles. The molecule has 1 aliphatic rings. The number of aliphatic hydroxyl groups excluding tert-OH is 1. The van der Waals surface area contributed by atoms with Gasteiger partial charge in [0.25, 0.3) is 0 Å². The average molecular weight is 389 g/mol. The Morgan fingerprint density at radius 1 is 1.15 bits per heavy atom. The van der Waals surface area contributed by atoms with Gasteiger partial charge in [-0.05, 0) is 32.8 Å². The molecule has 144 valence electrons. The molecule has 7 heteroatoms. The molecule has 0 amide bonds. The summed E-state index contributed by atoms with van der Waals surface area (Å²) in [6.07, 6.45) is -2.06. The summed E-state index contributed by atoms with van der Waals surface area (Å²) < 4.78 is 39.0. The zero-order chi connectivity index (χ0) is 18.2. The summed E-state index contributed by atoms with van der Waals surface area (Å²) in [6.45, 7) is 4.66. The summed E-state index contributed by atoms with van der Waals surface area (Å²) in [5.41, 5.74) is -0.255. The largest absolute Gasteiger partial charge is 0.433 e. The second-order valence-electron chi connectivity index (χ2n) is 6.95. The maximum Gasteiger partial charge on any atom is 0.433 e. The molecule has 3 atom stereocenters. The molecular formula is C19H24ClF3N2O. The van der Waals surface area contributed by atoms with E-state index in [0.717, 1.165) is 18.9 Å². The van der Waals surface area contributed by atoms with Crippen molar-refractivity contribution in [3.8, 4) is 0 Å². The van der Waals surface area contributed by atoms with Crippen LogP contribution < -0.4 is 0 Å². The number of para-hydroxylation sites is 1. The summed E-state index contributed by atoms with van der Waals surface area (Å²) in [5, 5.41) is 11.3. The summed E-state index contributed by atoms with van der Waals surface area (Å²) in [4.78, 5) is 6.03. The third-order valence-electron chi connectivity index (χ3n) is 5.16. The minimum absolute atomic E-state index is 0. The number of pyridine rings is 1. The smallest absolute Gasteiger partial charge is 0.387 e. The van der Waals surface area contributed by atoms with Crippen LogP contribution in [0.15, 0.2) is 30.3 Å². The van der Waals surface area contributed by atoms with Crippen molar-refractivity contribution in [2.24, 2.45) is 0 Å². The van der Waals surface area contributed by atoms with Gasteiger partial charge in [0.15, 0.2) is 0 Å². The number of aliphatic hydroxyl groups is 1. The van der Waals surface area contributed by atoms with Gasteiger partial charge in [-0.2, -0.15) is 13.2 Å². The number of nitrogens with zero attached hydrogens (tertiary/aromatic N) is 2. The Morgan fingerprint density at radius 2 is 1.81 bits per heavy atom. The van der Waals surface area contributed by atoms with Crippen LogP contribution in [0.2, 0.25) is 0 Å². The van der Waals surface area contributed by atoms with Crippen LogP contribution in [0.1, 0.15) is 50.5 Å². The number of rotatable bonds is 3. The highest BCUT2D eigenvalue weighted by molar-refractivity contribution is 5.85. The number of benzene rings is 1. The van der Waals surface area contributed by atoms with Gasteiger partial charge < -0.3 is 5.11 Å². The molecule has 3 rings (SSSR count). The molecule has 1 fully saturated rings. The first kappa shape index (κ1) is 20.9. The predicted octanol–water partition coefficient (Wildman–Crippen LogP) is 4.97. The molecular weight excluding hydrogens is 365 g/mol. The second kappa shape index (κ2) is 8.11. The zero-order valence-electron chi connectivity index (χ0n) is 14.8. The third kappa shape index (κ3) is 4.30. The Balaban J connectivity index is 0.00000243. The summed E-state index contributed by atoms with van der Waals surface area (Å²) >= 11 is 0. The number of piperidine rings is 1. The molecule has 1 aromatic heterocycles. The van der Waals surface area contributed by atoms with E-state index >= 15 is 0 Å². The fourth-order valence-corrected chi connectivity index (χ4v) is 3.73. The summed E-state index contributed by atoms with van der Waals surface area (Å²) in [6, 6.07) is 8.23. The highest BCUT2D eigenvalue weighted by Gasteiger charge is 2.33. The van der Waals surface area contributed by atoms with Gasteiger partial charge in [-0.1, -0.05) is 30.7 Å². The van der Waals surface area contributed by atoms with E-state index in [4.69, 9.17) is 0 Å². The van der Waals surface area contributed by atoms with Crippen LogP contribution in [0.25, 0.3) is 10.9 Å². The van der Waals surface area contributed by atoms with E-state index in [9.17, 15) is 18.3 Å². The van der Waals surface area contributed by atoms with Gasteiger partial charge in [-0.25, -0.2) is 4.98 Å². The predicted molar refractivity (Wildman–Crippen MR) is 98.4 cm³/mol. The van der Waals surface area contributed by atoms with Crippen molar-refractivity contribution in [3.05, 3.63) is 41.6 Å². The van der Waals surface area contributed by atoms with Gasteiger partial charge >= 0.3 is 6.18 Å². The number of fused-ring (bicyclic) bond motifs is 1. The molecule has 3 nitrogen and oxygen atoms in total. The molecule has 26 heavy (non-hydrogen) atoms. The zero-order valence-corrected chi connectivity index (χ0v) is 15.6. The van der Waals surface area contributed by atoms with E-state index in [-0.39, 0.29) is 17.9 Å².